The average molecular weight is 313 g/mol. The molecule has 0 saturated carbocycles. The summed E-state index contributed by atoms with van der Waals surface area (Å²) in [4.78, 5) is 3.97. The molecule has 5 nitrogen and oxygen atoms in total. The maximum atomic E-state index is 12.3. The first kappa shape index (κ1) is 14.6. The van der Waals surface area contributed by atoms with Crippen LogP contribution in [0.4, 0.5) is 5.82 Å². The predicted octanol–water partition coefficient (Wildman–Crippen LogP) is 2.85. The van der Waals surface area contributed by atoms with Crippen molar-refractivity contribution in [1.29, 1.82) is 0 Å². The zero-order chi connectivity index (χ0) is 14.8. The number of ether oxygens (including phenoxy) is 1. The van der Waals surface area contributed by atoms with Crippen LogP contribution >= 0.6 is 11.6 Å². The third-order valence-electron chi connectivity index (χ3n) is 2.57. The van der Waals surface area contributed by atoms with Gasteiger partial charge in [-0.15, -0.1) is 0 Å². The van der Waals surface area contributed by atoms with Crippen molar-refractivity contribution < 1.29 is 13.2 Å². The summed E-state index contributed by atoms with van der Waals surface area (Å²) in [6, 6.07) is 7.74. The van der Waals surface area contributed by atoms with Crippen molar-refractivity contribution >= 4 is 27.4 Å². The van der Waals surface area contributed by atoms with Gasteiger partial charge in [-0.3, -0.25) is 4.72 Å². The highest BCUT2D eigenvalue weighted by Gasteiger charge is 2.20. The Kier molecular flexibility index (Phi) is 4.15. The van der Waals surface area contributed by atoms with Crippen molar-refractivity contribution in [2.24, 2.45) is 0 Å². The molecule has 0 amide bonds. The van der Waals surface area contributed by atoms with Gasteiger partial charge >= 0.3 is 0 Å². The Morgan fingerprint density at radius 1 is 1.25 bits per heavy atom. The van der Waals surface area contributed by atoms with E-state index < -0.39 is 10.0 Å². The number of hydrogen-bond donors (Lipinski definition) is 1. The minimum atomic E-state index is -3.79. The second kappa shape index (κ2) is 5.68. The van der Waals surface area contributed by atoms with Gasteiger partial charge in [0.1, 0.15) is 16.5 Å². The topological polar surface area (TPSA) is 68.3 Å². The number of aromatic nitrogens is 1. The summed E-state index contributed by atoms with van der Waals surface area (Å²) in [6.45, 7) is 1.85. The van der Waals surface area contributed by atoms with Crippen molar-refractivity contribution in [3.8, 4) is 5.75 Å². The second-order valence-electron chi connectivity index (χ2n) is 4.12. The van der Waals surface area contributed by atoms with Crippen molar-refractivity contribution in [3.05, 3.63) is 47.1 Å². The molecule has 1 N–H and O–H groups in total. The van der Waals surface area contributed by atoms with E-state index in [0.717, 1.165) is 5.56 Å². The Labute approximate surface area is 122 Å². The van der Waals surface area contributed by atoms with Crippen LogP contribution in [0, 0.1) is 6.92 Å². The molecule has 1 aromatic carbocycles. The highest BCUT2D eigenvalue weighted by molar-refractivity contribution is 7.92. The van der Waals surface area contributed by atoms with Crippen LogP contribution in [-0.4, -0.2) is 20.5 Å². The third kappa shape index (κ3) is 3.20. The van der Waals surface area contributed by atoms with Gasteiger partial charge in [0.15, 0.2) is 0 Å². The lowest BCUT2D eigenvalue weighted by Crippen LogP contribution is -2.15. The smallest absolute Gasteiger partial charge is 0.266 e. The second-order valence-corrected chi connectivity index (χ2v) is 6.21. The van der Waals surface area contributed by atoms with Crippen LogP contribution in [0.5, 0.6) is 5.75 Å². The maximum Gasteiger partial charge on any atom is 0.266 e. The summed E-state index contributed by atoms with van der Waals surface area (Å²) >= 11 is 5.82. The van der Waals surface area contributed by atoms with Crippen LogP contribution in [-0.2, 0) is 10.0 Å². The summed E-state index contributed by atoms with van der Waals surface area (Å²) < 4.78 is 32.1. The molecule has 106 valence electrons. The van der Waals surface area contributed by atoms with Crippen molar-refractivity contribution in [1.82, 2.24) is 4.98 Å². The molecule has 0 aliphatic heterocycles. The van der Waals surface area contributed by atoms with Crippen LogP contribution in [0.2, 0.25) is 5.02 Å². The average Bonchev–Trinajstić information content (AvgIpc) is 2.37. The molecule has 1 aromatic heterocycles. The fourth-order valence-electron chi connectivity index (χ4n) is 1.65. The van der Waals surface area contributed by atoms with Gasteiger partial charge in [0, 0.05) is 17.3 Å². The highest BCUT2D eigenvalue weighted by atomic mass is 35.5. The first-order valence-corrected chi connectivity index (χ1v) is 7.57. The van der Waals surface area contributed by atoms with E-state index >= 15 is 0 Å². The van der Waals surface area contributed by atoms with E-state index in [4.69, 9.17) is 16.3 Å². The number of halogens is 1. The number of nitrogens with one attached hydrogen (secondary N) is 1. The van der Waals surface area contributed by atoms with Gasteiger partial charge in [-0.1, -0.05) is 11.6 Å². The minimum absolute atomic E-state index is 0.00714. The quantitative estimate of drug-likeness (QED) is 0.942. The molecule has 0 spiro atoms. The molecule has 0 atom stereocenters. The van der Waals surface area contributed by atoms with Gasteiger partial charge in [0.2, 0.25) is 0 Å². The van der Waals surface area contributed by atoms with E-state index in [-0.39, 0.29) is 16.5 Å². The molecular formula is C13H13ClN2O3S. The van der Waals surface area contributed by atoms with E-state index in [0.29, 0.717) is 5.02 Å². The Hall–Kier alpha value is -1.79. The zero-order valence-corrected chi connectivity index (χ0v) is 12.5. The largest absolute Gasteiger partial charge is 0.495 e. The number of methoxy groups -OCH3 is 1. The zero-order valence-electron chi connectivity index (χ0n) is 10.9. The molecule has 0 radical (unpaired) electrons. The van der Waals surface area contributed by atoms with Crippen molar-refractivity contribution in [3.63, 3.8) is 0 Å². The number of pyridine rings is 1. The molecule has 7 heteroatoms. The lowest BCUT2D eigenvalue weighted by Gasteiger charge is -2.11. The Bertz CT molecular complexity index is 732. The first-order chi connectivity index (χ1) is 9.42. The lowest BCUT2D eigenvalue weighted by molar-refractivity contribution is 0.403. The van der Waals surface area contributed by atoms with Gasteiger partial charge in [0.25, 0.3) is 10.0 Å². The van der Waals surface area contributed by atoms with Gasteiger partial charge in [-0.25, -0.2) is 13.4 Å². The monoisotopic (exact) mass is 312 g/mol. The standard InChI is InChI=1S/C13H13ClN2O3S/c1-9-5-6-15-13(7-9)16-20(17,18)12-4-3-10(14)8-11(12)19-2/h3-8H,1-2H3,(H,15,16). The summed E-state index contributed by atoms with van der Waals surface area (Å²) in [5.74, 6) is 0.430. The molecule has 20 heavy (non-hydrogen) atoms. The fourth-order valence-corrected chi connectivity index (χ4v) is 2.96. The van der Waals surface area contributed by atoms with E-state index in [2.05, 4.69) is 9.71 Å². The maximum absolute atomic E-state index is 12.3. The summed E-state index contributed by atoms with van der Waals surface area (Å²) in [6.07, 6.45) is 1.53. The molecule has 0 fully saturated rings. The van der Waals surface area contributed by atoms with E-state index in [1.165, 1.54) is 31.5 Å². The van der Waals surface area contributed by atoms with Gasteiger partial charge in [0.05, 0.1) is 7.11 Å². The number of nitrogens with zero attached hydrogens (tertiary/aromatic N) is 1. The van der Waals surface area contributed by atoms with Crippen LogP contribution in [0.15, 0.2) is 41.4 Å². The number of rotatable bonds is 4. The van der Waals surface area contributed by atoms with Crippen LogP contribution in [0.25, 0.3) is 0 Å². The van der Waals surface area contributed by atoms with E-state index in [1.807, 2.05) is 6.92 Å². The van der Waals surface area contributed by atoms with Gasteiger partial charge < -0.3 is 4.74 Å². The highest BCUT2D eigenvalue weighted by Crippen LogP contribution is 2.28. The number of aryl methyl sites for hydroxylation is 1. The SMILES string of the molecule is COc1cc(Cl)ccc1S(=O)(=O)Nc1cc(C)ccn1. The van der Waals surface area contributed by atoms with E-state index in [1.54, 1.807) is 12.1 Å². The summed E-state index contributed by atoms with van der Waals surface area (Å²) in [5, 5.41) is 0.398. The van der Waals surface area contributed by atoms with Crippen LogP contribution < -0.4 is 9.46 Å². The predicted molar refractivity (Wildman–Crippen MR) is 77.8 cm³/mol. The number of hydrogen-bond acceptors (Lipinski definition) is 4. The van der Waals surface area contributed by atoms with Gasteiger partial charge in [-0.2, -0.15) is 0 Å². The normalized spacial score (nSPS) is 11.2. The number of anilines is 1. The molecule has 0 bridgehead atoms. The Balaban J connectivity index is 2.40. The molecule has 2 aromatic rings. The molecule has 0 aliphatic carbocycles. The summed E-state index contributed by atoms with van der Waals surface area (Å²) in [7, 11) is -2.40. The van der Waals surface area contributed by atoms with Crippen molar-refractivity contribution in [2.45, 2.75) is 11.8 Å². The van der Waals surface area contributed by atoms with Gasteiger partial charge in [-0.05, 0) is 36.8 Å². The summed E-state index contributed by atoms with van der Waals surface area (Å²) in [5.41, 5.74) is 0.903. The molecule has 2 rings (SSSR count). The molecule has 0 saturated heterocycles. The molecule has 0 unspecified atom stereocenters. The molecular weight excluding hydrogens is 300 g/mol. The lowest BCUT2D eigenvalue weighted by atomic mass is 10.3. The Morgan fingerprint density at radius 2 is 2.00 bits per heavy atom. The number of sulfonamides is 1. The molecule has 0 aliphatic rings. The van der Waals surface area contributed by atoms with Crippen LogP contribution in [0.3, 0.4) is 0 Å². The molecule has 1 heterocycles. The fraction of sp³-hybridized carbons (Fsp3) is 0.154. The van der Waals surface area contributed by atoms with Crippen LogP contribution in [0.1, 0.15) is 5.56 Å². The van der Waals surface area contributed by atoms with E-state index in [9.17, 15) is 8.42 Å². The minimum Gasteiger partial charge on any atom is -0.495 e. The Morgan fingerprint density at radius 3 is 2.65 bits per heavy atom. The van der Waals surface area contributed by atoms with Crippen molar-refractivity contribution in [2.75, 3.05) is 11.8 Å². The number of benzene rings is 1. The third-order valence-corrected chi connectivity index (χ3v) is 4.20. The first-order valence-electron chi connectivity index (χ1n) is 5.71.